The largest absolute Gasteiger partial charge is 0.390 e. The lowest BCUT2D eigenvalue weighted by Crippen LogP contribution is -2.49. The van der Waals surface area contributed by atoms with Crippen LogP contribution in [0.2, 0.25) is 0 Å². The molecule has 1 fully saturated rings. The van der Waals surface area contributed by atoms with Gasteiger partial charge in [0.05, 0.1) is 19.3 Å². The monoisotopic (exact) mass is 292 g/mol. The molecule has 4 nitrogen and oxygen atoms in total. The maximum Gasteiger partial charge on any atom is 0.0793 e. The SMILES string of the molecule is CCC1COCCN1CC(O)CN(C)Cc1ccccc1. The van der Waals surface area contributed by atoms with E-state index in [2.05, 4.69) is 48.0 Å². The number of aliphatic hydroxyl groups is 1. The highest BCUT2D eigenvalue weighted by molar-refractivity contribution is 5.14. The molecule has 0 spiro atoms. The van der Waals surface area contributed by atoms with Crippen molar-refractivity contribution in [1.29, 1.82) is 0 Å². The molecule has 1 N–H and O–H groups in total. The smallest absolute Gasteiger partial charge is 0.0793 e. The quantitative estimate of drug-likeness (QED) is 0.828. The van der Waals surface area contributed by atoms with E-state index in [1.807, 2.05) is 6.07 Å². The van der Waals surface area contributed by atoms with Crippen LogP contribution in [0.1, 0.15) is 18.9 Å². The van der Waals surface area contributed by atoms with Crippen molar-refractivity contribution in [2.75, 3.05) is 39.9 Å². The summed E-state index contributed by atoms with van der Waals surface area (Å²) < 4.78 is 5.51. The Kier molecular flexibility index (Phi) is 6.64. The summed E-state index contributed by atoms with van der Waals surface area (Å²) in [4.78, 5) is 4.55. The molecule has 2 rings (SSSR count). The third-order valence-electron chi connectivity index (χ3n) is 4.08. The van der Waals surface area contributed by atoms with Gasteiger partial charge in [-0.15, -0.1) is 0 Å². The molecule has 1 heterocycles. The van der Waals surface area contributed by atoms with Crippen molar-refractivity contribution in [3.8, 4) is 0 Å². The first kappa shape index (κ1) is 16.4. The molecule has 118 valence electrons. The lowest BCUT2D eigenvalue weighted by Gasteiger charge is -2.36. The van der Waals surface area contributed by atoms with Crippen molar-refractivity contribution in [1.82, 2.24) is 9.80 Å². The van der Waals surface area contributed by atoms with Crippen molar-refractivity contribution in [3.63, 3.8) is 0 Å². The molecule has 0 bridgehead atoms. The van der Waals surface area contributed by atoms with Crippen LogP contribution in [0, 0.1) is 0 Å². The van der Waals surface area contributed by atoms with Gasteiger partial charge in [-0.3, -0.25) is 9.80 Å². The lowest BCUT2D eigenvalue weighted by molar-refractivity contribution is -0.0311. The van der Waals surface area contributed by atoms with Gasteiger partial charge in [0, 0.05) is 32.2 Å². The van der Waals surface area contributed by atoms with Crippen LogP contribution in [-0.4, -0.2) is 66.9 Å². The first-order chi connectivity index (χ1) is 10.2. The number of nitrogens with zero attached hydrogens (tertiary/aromatic N) is 2. The molecule has 2 unspecified atom stereocenters. The highest BCUT2D eigenvalue weighted by Gasteiger charge is 2.23. The Morgan fingerprint density at radius 1 is 1.38 bits per heavy atom. The summed E-state index contributed by atoms with van der Waals surface area (Å²) in [7, 11) is 2.06. The molecule has 1 aromatic carbocycles. The maximum absolute atomic E-state index is 10.3. The Hall–Kier alpha value is -0.940. The third-order valence-corrected chi connectivity index (χ3v) is 4.08. The second kappa shape index (κ2) is 8.49. The van der Waals surface area contributed by atoms with Crippen LogP contribution in [0.25, 0.3) is 0 Å². The van der Waals surface area contributed by atoms with Gasteiger partial charge in [0.1, 0.15) is 0 Å². The number of hydrogen-bond acceptors (Lipinski definition) is 4. The fourth-order valence-electron chi connectivity index (χ4n) is 2.95. The van der Waals surface area contributed by atoms with Gasteiger partial charge < -0.3 is 9.84 Å². The summed E-state index contributed by atoms with van der Waals surface area (Å²) in [5, 5.41) is 10.3. The van der Waals surface area contributed by atoms with Crippen molar-refractivity contribution in [2.24, 2.45) is 0 Å². The summed E-state index contributed by atoms with van der Waals surface area (Å²) in [6.07, 6.45) is 0.762. The molecule has 21 heavy (non-hydrogen) atoms. The van der Waals surface area contributed by atoms with E-state index < -0.39 is 0 Å². The van der Waals surface area contributed by atoms with E-state index in [0.717, 1.165) is 39.3 Å². The molecule has 0 aliphatic carbocycles. The fourth-order valence-corrected chi connectivity index (χ4v) is 2.95. The van der Waals surface area contributed by atoms with Gasteiger partial charge in [-0.25, -0.2) is 0 Å². The minimum absolute atomic E-state index is 0.314. The molecule has 0 aromatic heterocycles. The molecule has 2 atom stereocenters. The van der Waals surface area contributed by atoms with Crippen LogP contribution in [0.15, 0.2) is 30.3 Å². The van der Waals surface area contributed by atoms with Gasteiger partial charge in [0.15, 0.2) is 0 Å². The lowest BCUT2D eigenvalue weighted by atomic mass is 10.1. The Morgan fingerprint density at radius 3 is 2.86 bits per heavy atom. The van der Waals surface area contributed by atoms with Crippen molar-refractivity contribution < 1.29 is 9.84 Å². The summed E-state index contributed by atoms with van der Waals surface area (Å²) in [6, 6.07) is 10.8. The van der Waals surface area contributed by atoms with Crippen molar-refractivity contribution >= 4 is 0 Å². The zero-order valence-corrected chi connectivity index (χ0v) is 13.2. The van der Waals surface area contributed by atoms with Crippen LogP contribution in [0.3, 0.4) is 0 Å². The zero-order valence-electron chi connectivity index (χ0n) is 13.2. The Labute approximate surface area is 128 Å². The second-order valence-electron chi connectivity index (χ2n) is 5.97. The minimum atomic E-state index is -0.314. The molecule has 1 aliphatic rings. The second-order valence-corrected chi connectivity index (χ2v) is 5.97. The predicted molar refractivity (Wildman–Crippen MR) is 85.3 cm³/mol. The van der Waals surface area contributed by atoms with Gasteiger partial charge in [0.2, 0.25) is 0 Å². The van der Waals surface area contributed by atoms with E-state index in [-0.39, 0.29) is 6.10 Å². The zero-order chi connectivity index (χ0) is 15.1. The number of morpholine rings is 1. The number of hydrogen-bond donors (Lipinski definition) is 1. The predicted octanol–water partition coefficient (Wildman–Crippen LogP) is 1.59. The Balaban J connectivity index is 1.76. The van der Waals surface area contributed by atoms with Crippen molar-refractivity contribution in [2.45, 2.75) is 32.0 Å². The molecule has 1 saturated heterocycles. The summed E-state index contributed by atoms with van der Waals surface area (Å²) in [5.74, 6) is 0. The molecule has 0 amide bonds. The first-order valence-corrected chi connectivity index (χ1v) is 7.91. The Morgan fingerprint density at radius 2 is 2.14 bits per heavy atom. The van der Waals surface area contributed by atoms with Crippen LogP contribution in [-0.2, 0) is 11.3 Å². The first-order valence-electron chi connectivity index (χ1n) is 7.91. The van der Waals surface area contributed by atoms with E-state index in [0.29, 0.717) is 12.6 Å². The molecular weight excluding hydrogens is 264 g/mol. The van der Waals surface area contributed by atoms with E-state index in [1.54, 1.807) is 0 Å². The highest BCUT2D eigenvalue weighted by Crippen LogP contribution is 2.11. The van der Waals surface area contributed by atoms with Crippen molar-refractivity contribution in [3.05, 3.63) is 35.9 Å². The third kappa shape index (κ3) is 5.40. The average Bonchev–Trinajstić information content (AvgIpc) is 2.48. The number of benzene rings is 1. The Bertz CT molecular complexity index is 399. The summed E-state index contributed by atoms with van der Waals surface area (Å²) in [6.45, 7) is 6.99. The number of ether oxygens (including phenoxy) is 1. The number of β-amino-alcohol motifs (C(OH)–C–C–N with tert-alkyl or cyclic N) is 1. The maximum atomic E-state index is 10.3. The van der Waals surface area contributed by atoms with E-state index in [1.165, 1.54) is 5.56 Å². The molecule has 1 aromatic rings. The van der Waals surface area contributed by atoms with Gasteiger partial charge in [-0.2, -0.15) is 0 Å². The number of aliphatic hydroxyl groups excluding tert-OH is 1. The molecule has 0 saturated carbocycles. The number of likely N-dealkylation sites (N-methyl/N-ethyl adjacent to an activating group) is 1. The topological polar surface area (TPSA) is 35.9 Å². The van der Waals surface area contributed by atoms with E-state index in [9.17, 15) is 5.11 Å². The normalized spacial score (nSPS) is 21.6. The summed E-state index contributed by atoms with van der Waals surface area (Å²) in [5.41, 5.74) is 1.28. The van der Waals surface area contributed by atoms with Gasteiger partial charge in [-0.1, -0.05) is 37.3 Å². The molecule has 1 aliphatic heterocycles. The van der Waals surface area contributed by atoms with Crippen LogP contribution < -0.4 is 0 Å². The van der Waals surface area contributed by atoms with Crippen LogP contribution >= 0.6 is 0 Å². The van der Waals surface area contributed by atoms with Crippen LogP contribution in [0.4, 0.5) is 0 Å². The van der Waals surface area contributed by atoms with E-state index >= 15 is 0 Å². The molecular formula is C17H28N2O2. The standard InChI is InChI=1S/C17H28N2O2/c1-3-16-14-21-10-9-19(16)13-17(20)12-18(2)11-15-7-5-4-6-8-15/h4-8,16-17,20H,3,9-14H2,1-2H3. The summed E-state index contributed by atoms with van der Waals surface area (Å²) >= 11 is 0. The fraction of sp³-hybridized carbons (Fsp3) is 0.647. The number of rotatable bonds is 7. The van der Waals surface area contributed by atoms with Crippen LogP contribution in [0.5, 0.6) is 0 Å². The highest BCUT2D eigenvalue weighted by atomic mass is 16.5. The molecule has 0 radical (unpaired) electrons. The van der Waals surface area contributed by atoms with E-state index in [4.69, 9.17) is 4.74 Å². The minimum Gasteiger partial charge on any atom is -0.390 e. The van der Waals surface area contributed by atoms with Gasteiger partial charge in [0.25, 0.3) is 0 Å². The van der Waals surface area contributed by atoms with Gasteiger partial charge >= 0.3 is 0 Å². The van der Waals surface area contributed by atoms with Gasteiger partial charge in [-0.05, 0) is 19.0 Å². The molecule has 4 heteroatoms. The average molecular weight is 292 g/mol.